The van der Waals surface area contributed by atoms with E-state index in [0.29, 0.717) is 0 Å². The molecule has 2 heteroatoms. The Morgan fingerprint density at radius 2 is 1.75 bits per heavy atom. The lowest BCUT2D eigenvalue weighted by molar-refractivity contribution is 1.23. The molecule has 0 fully saturated rings. The summed E-state index contributed by atoms with van der Waals surface area (Å²) >= 11 is 0. The first kappa shape index (κ1) is 14.1. The molecule has 0 bridgehead atoms. The monoisotopic (exact) mass is 264 g/mol. The Bertz CT molecular complexity index is 581. The lowest BCUT2D eigenvalue weighted by atomic mass is 10.2. The zero-order valence-electron chi connectivity index (χ0n) is 12.0. The van der Waals surface area contributed by atoms with Crippen molar-refractivity contribution in [2.24, 2.45) is 5.10 Å². The summed E-state index contributed by atoms with van der Waals surface area (Å²) in [5.41, 5.74) is 7.56. The van der Waals surface area contributed by atoms with E-state index in [2.05, 4.69) is 60.8 Å². The van der Waals surface area contributed by atoms with Crippen LogP contribution in [0.1, 0.15) is 24.5 Å². The molecule has 0 aliphatic carbocycles. The first-order valence-corrected chi connectivity index (χ1v) is 6.90. The molecular weight excluding hydrogens is 244 g/mol. The summed E-state index contributed by atoms with van der Waals surface area (Å²) in [6.45, 7) is 4.18. The number of benzene rings is 2. The van der Waals surface area contributed by atoms with Crippen LogP contribution in [0.3, 0.4) is 0 Å². The van der Waals surface area contributed by atoms with E-state index < -0.39 is 0 Å². The molecule has 0 aliphatic rings. The maximum atomic E-state index is 4.44. The molecule has 0 saturated heterocycles. The largest absolute Gasteiger partial charge is 0.278 e. The Morgan fingerprint density at radius 3 is 2.40 bits per heavy atom. The van der Waals surface area contributed by atoms with Gasteiger partial charge in [0.1, 0.15) is 0 Å². The maximum absolute atomic E-state index is 4.44. The molecule has 20 heavy (non-hydrogen) atoms. The molecule has 102 valence electrons. The molecule has 0 amide bonds. The van der Waals surface area contributed by atoms with Gasteiger partial charge in [-0.3, -0.25) is 5.43 Å². The van der Waals surface area contributed by atoms with Gasteiger partial charge in [-0.05, 0) is 37.1 Å². The molecule has 2 aromatic carbocycles. The Hall–Kier alpha value is -2.35. The van der Waals surface area contributed by atoms with Crippen LogP contribution in [0.4, 0.5) is 5.69 Å². The molecular formula is C18H20N2. The summed E-state index contributed by atoms with van der Waals surface area (Å²) in [5.74, 6) is 0. The zero-order valence-corrected chi connectivity index (χ0v) is 12.0. The van der Waals surface area contributed by atoms with Crippen molar-refractivity contribution >= 4 is 17.5 Å². The van der Waals surface area contributed by atoms with Crippen molar-refractivity contribution in [1.82, 2.24) is 0 Å². The third-order valence-corrected chi connectivity index (χ3v) is 3.01. The summed E-state index contributed by atoms with van der Waals surface area (Å²) in [7, 11) is 0. The van der Waals surface area contributed by atoms with E-state index in [-0.39, 0.29) is 0 Å². The second-order valence-electron chi connectivity index (χ2n) is 4.68. The fraction of sp³-hybridized carbons (Fsp3) is 0.167. The van der Waals surface area contributed by atoms with Crippen LogP contribution in [0.25, 0.3) is 6.08 Å². The number of nitrogens with one attached hydrogen (secondary N) is 1. The Morgan fingerprint density at radius 1 is 1.05 bits per heavy atom. The van der Waals surface area contributed by atoms with Gasteiger partial charge < -0.3 is 0 Å². The summed E-state index contributed by atoms with van der Waals surface area (Å²) in [6, 6.07) is 18.5. The summed E-state index contributed by atoms with van der Waals surface area (Å²) < 4.78 is 0. The first-order valence-electron chi connectivity index (χ1n) is 6.90. The van der Waals surface area contributed by atoms with Gasteiger partial charge in [0, 0.05) is 0 Å². The lowest BCUT2D eigenvalue weighted by Crippen LogP contribution is -1.97. The number of allylic oxidation sites excluding steroid dienone is 1. The van der Waals surface area contributed by atoms with Gasteiger partial charge in [-0.25, -0.2) is 0 Å². The van der Waals surface area contributed by atoms with Gasteiger partial charge >= 0.3 is 0 Å². The summed E-state index contributed by atoms with van der Waals surface area (Å²) in [6.07, 6.45) is 5.03. The van der Waals surface area contributed by atoms with Crippen molar-refractivity contribution in [1.29, 1.82) is 0 Å². The molecule has 1 N–H and O–H groups in total. The van der Waals surface area contributed by atoms with E-state index in [1.54, 1.807) is 0 Å². The second-order valence-corrected chi connectivity index (χ2v) is 4.68. The van der Waals surface area contributed by atoms with Crippen LogP contribution < -0.4 is 5.43 Å². The van der Waals surface area contributed by atoms with Crippen molar-refractivity contribution in [2.75, 3.05) is 5.43 Å². The molecule has 0 aromatic heterocycles. The van der Waals surface area contributed by atoms with E-state index in [1.807, 2.05) is 30.3 Å². The van der Waals surface area contributed by atoms with E-state index in [1.165, 1.54) is 11.1 Å². The van der Waals surface area contributed by atoms with Crippen LogP contribution in [-0.2, 0) is 0 Å². The van der Waals surface area contributed by atoms with Crippen molar-refractivity contribution in [2.45, 2.75) is 20.3 Å². The van der Waals surface area contributed by atoms with Crippen molar-refractivity contribution in [3.8, 4) is 0 Å². The third-order valence-electron chi connectivity index (χ3n) is 3.01. The molecule has 0 aliphatic heterocycles. The number of aryl methyl sites for hydroxylation is 1. The Balaban J connectivity index is 2.02. The van der Waals surface area contributed by atoms with Gasteiger partial charge in [-0.15, -0.1) is 0 Å². The van der Waals surface area contributed by atoms with Crippen molar-refractivity contribution < 1.29 is 0 Å². The van der Waals surface area contributed by atoms with Gasteiger partial charge in [0.2, 0.25) is 0 Å². The minimum absolute atomic E-state index is 0.891. The predicted octanol–water partition coefficient (Wildman–Crippen LogP) is 4.89. The summed E-state index contributed by atoms with van der Waals surface area (Å²) in [5, 5.41) is 4.44. The average molecular weight is 264 g/mol. The number of hydrazone groups is 1. The number of hydrogen-bond acceptors (Lipinski definition) is 2. The quantitative estimate of drug-likeness (QED) is 0.603. The Kier molecular flexibility index (Phi) is 5.13. The fourth-order valence-corrected chi connectivity index (χ4v) is 1.76. The van der Waals surface area contributed by atoms with E-state index in [4.69, 9.17) is 0 Å². The van der Waals surface area contributed by atoms with Crippen LogP contribution in [0, 0.1) is 6.92 Å². The highest BCUT2D eigenvalue weighted by Crippen LogP contribution is 2.09. The van der Waals surface area contributed by atoms with Gasteiger partial charge in [0.15, 0.2) is 0 Å². The highest BCUT2D eigenvalue weighted by Gasteiger charge is 1.93. The number of rotatable bonds is 5. The standard InChI is InChI=1S/C18H20N2/c1-3-17(14-11-16-7-5-4-6-8-16)19-20-18-12-9-15(2)10-13-18/h4-14,20H,3H2,1-2H3/b14-11+,19-17+. The minimum atomic E-state index is 0.891. The average Bonchev–Trinajstić information content (AvgIpc) is 2.50. The number of anilines is 1. The topological polar surface area (TPSA) is 24.4 Å². The van der Waals surface area contributed by atoms with Crippen LogP contribution in [0.5, 0.6) is 0 Å². The molecule has 2 aromatic rings. The molecule has 0 saturated carbocycles. The van der Waals surface area contributed by atoms with E-state index in [9.17, 15) is 0 Å². The van der Waals surface area contributed by atoms with E-state index >= 15 is 0 Å². The maximum Gasteiger partial charge on any atom is 0.0604 e. The zero-order chi connectivity index (χ0) is 14.2. The van der Waals surface area contributed by atoms with Gasteiger partial charge in [0.05, 0.1) is 11.4 Å². The predicted molar refractivity (Wildman–Crippen MR) is 88.0 cm³/mol. The summed E-state index contributed by atoms with van der Waals surface area (Å²) in [4.78, 5) is 0. The normalized spacial score (nSPS) is 11.8. The smallest absolute Gasteiger partial charge is 0.0604 e. The highest BCUT2D eigenvalue weighted by molar-refractivity contribution is 5.98. The lowest BCUT2D eigenvalue weighted by Gasteiger charge is -2.02. The molecule has 0 spiro atoms. The molecule has 0 radical (unpaired) electrons. The molecule has 0 unspecified atom stereocenters. The van der Waals surface area contributed by atoms with Crippen LogP contribution in [0.15, 0.2) is 65.8 Å². The molecule has 0 atom stereocenters. The van der Waals surface area contributed by atoms with E-state index in [0.717, 1.165) is 17.8 Å². The fourth-order valence-electron chi connectivity index (χ4n) is 1.76. The van der Waals surface area contributed by atoms with Crippen LogP contribution in [-0.4, -0.2) is 5.71 Å². The second kappa shape index (κ2) is 7.29. The molecule has 0 heterocycles. The van der Waals surface area contributed by atoms with Gasteiger partial charge in [0.25, 0.3) is 0 Å². The SMILES string of the molecule is CCC(/C=C/c1ccccc1)=N\Nc1ccc(C)cc1. The highest BCUT2D eigenvalue weighted by atomic mass is 15.3. The molecule has 2 nitrogen and oxygen atoms in total. The van der Waals surface area contributed by atoms with Crippen LogP contribution in [0.2, 0.25) is 0 Å². The van der Waals surface area contributed by atoms with Crippen molar-refractivity contribution in [3.63, 3.8) is 0 Å². The van der Waals surface area contributed by atoms with Crippen LogP contribution >= 0.6 is 0 Å². The Labute approximate surface area is 120 Å². The number of hydrogen-bond donors (Lipinski definition) is 1. The van der Waals surface area contributed by atoms with Gasteiger partial charge in [-0.1, -0.05) is 61.0 Å². The number of nitrogens with zero attached hydrogens (tertiary/aromatic N) is 1. The van der Waals surface area contributed by atoms with Gasteiger partial charge in [-0.2, -0.15) is 5.10 Å². The first-order chi connectivity index (χ1) is 9.78. The van der Waals surface area contributed by atoms with Crippen molar-refractivity contribution in [3.05, 3.63) is 71.8 Å². The minimum Gasteiger partial charge on any atom is -0.278 e. The molecule has 2 rings (SSSR count). The third kappa shape index (κ3) is 4.39.